The summed E-state index contributed by atoms with van der Waals surface area (Å²) in [7, 11) is 0. The quantitative estimate of drug-likeness (QED) is 0.511. The first-order chi connectivity index (χ1) is 14.1. The van der Waals surface area contributed by atoms with Crippen molar-refractivity contribution in [1.29, 1.82) is 0 Å². The van der Waals surface area contributed by atoms with Crippen LogP contribution in [0.2, 0.25) is 0 Å². The molecule has 3 aromatic heterocycles. The Morgan fingerprint density at radius 2 is 2.07 bits per heavy atom. The highest BCUT2D eigenvalue weighted by Gasteiger charge is 2.16. The number of nitrogens with zero attached hydrogens (tertiary/aromatic N) is 4. The van der Waals surface area contributed by atoms with E-state index < -0.39 is 5.91 Å². The summed E-state index contributed by atoms with van der Waals surface area (Å²) in [6.45, 7) is 3.16. The predicted octanol–water partition coefficient (Wildman–Crippen LogP) is 2.61. The number of fused-ring (bicyclic) bond motifs is 1. The first-order valence-electron chi connectivity index (χ1n) is 9.40. The zero-order chi connectivity index (χ0) is 20.2. The molecular weight excluding hydrogens is 386 g/mol. The van der Waals surface area contributed by atoms with Crippen LogP contribution in [0, 0.1) is 5.92 Å². The molecule has 0 saturated heterocycles. The number of benzene rings is 1. The van der Waals surface area contributed by atoms with Gasteiger partial charge in [-0.25, -0.2) is 4.98 Å². The van der Waals surface area contributed by atoms with Gasteiger partial charge in [0.1, 0.15) is 5.56 Å². The number of thiazole rings is 1. The van der Waals surface area contributed by atoms with Gasteiger partial charge >= 0.3 is 0 Å². The van der Waals surface area contributed by atoms with Crippen LogP contribution in [-0.4, -0.2) is 31.6 Å². The summed E-state index contributed by atoms with van der Waals surface area (Å²) in [5.41, 5.74) is 0.872. The molecule has 1 N–H and O–H groups in total. The molecule has 1 atom stereocenters. The minimum Gasteiger partial charge on any atom is -0.351 e. The van der Waals surface area contributed by atoms with Crippen LogP contribution in [-0.2, 0) is 13.0 Å². The average Bonchev–Trinajstić information content (AvgIpc) is 3.37. The van der Waals surface area contributed by atoms with Crippen LogP contribution in [0.4, 0.5) is 0 Å². The normalized spacial score (nSPS) is 12.2. The van der Waals surface area contributed by atoms with E-state index in [4.69, 9.17) is 0 Å². The molecule has 0 spiro atoms. The number of carbonyl (C=O) groups is 1. The van der Waals surface area contributed by atoms with Crippen LogP contribution in [0.1, 0.15) is 27.7 Å². The number of carbonyl (C=O) groups excluding carboxylic acids is 1. The molecule has 0 aliphatic heterocycles. The summed E-state index contributed by atoms with van der Waals surface area (Å²) >= 11 is 1.46. The van der Waals surface area contributed by atoms with Crippen molar-refractivity contribution in [1.82, 2.24) is 24.5 Å². The Morgan fingerprint density at radius 3 is 2.83 bits per heavy atom. The van der Waals surface area contributed by atoms with E-state index in [2.05, 4.69) is 15.4 Å². The molecule has 1 amide bonds. The summed E-state index contributed by atoms with van der Waals surface area (Å²) in [6, 6.07) is 11.9. The van der Waals surface area contributed by atoms with E-state index in [0.29, 0.717) is 18.1 Å². The number of amides is 1. The Hall–Kier alpha value is -3.26. The van der Waals surface area contributed by atoms with Gasteiger partial charge in [-0.2, -0.15) is 5.10 Å². The second-order valence-electron chi connectivity index (χ2n) is 7.03. The van der Waals surface area contributed by atoms with E-state index in [1.165, 1.54) is 21.9 Å². The van der Waals surface area contributed by atoms with Gasteiger partial charge < -0.3 is 5.32 Å². The molecule has 3 heterocycles. The van der Waals surface area contributed by atoms with Gasteiger partial charge in [-0.3, -0.25) is 18.7 Å². The van der Waals surface area contributed by atoms with Gasteiger partial charge in [-0.05, 0) is 17.5 Å². The summed E-state index contributed by atoms with van der Waals surface area (Å²) in [5, 5.41) is 7.00. The molecule has 0 fully saturated rings. The maximum Gasteiger partial charge on any atom is 0.271 e. The Bertz CT molecular complexity index is 1160. The number of rotatable bonds is 7. The van der Waals surface area contributed by atoms with Crippen LogP contribution in [0.3, 0.4) is 0 Å². The zero-order valence-corrected chi connectivity index (χ0v) is 16.8. The van der Waals surface area contributed by atoms with Gasteiger partial charge in [0.2, 0.25) is 0 Å². The van der Waals surface area contributed by atoms with Crippen molar-refractivity contribution >= 4 is 22.2 Å². The van der Waals surface area contributed by atoms with Gasteiger partial charge in [-0.15, -0.1) is 11.3 Å². The van der Waals surface area contributed by atoms with E-state index >= 15 is 0 Å². The largest absolute Gasteiger partial charge is 0.351 e. The maximum atomic E-state index is 12.8. The minimum absolute atomic E-state index is 0.0536. The lowest BCUT2D eigenvalue weighted by Gasteiger charge is -2.12. The molecule has 148 valence electrons. The van der Waals surface area contributed by atoms with Crippen LogP contribution >= 0.6 is 11.3 Å². The monoisotopic (exact) mass is 407 g/mol. The fourth-order valence-electron chi connectivity index (χ4n) is 3.12. The standard InChI is InChI=1S/C21H21N5O2S/c1-15(13-25-9-5-8-24-25)11-22-19(27)18-12-23-21-26(20(18)28)14-17(29-21)10-16-6-3-2-4-7-16/h2-9,12,14-15H,10-11,13H2,1H3,(H,22,27). The first kappa shape index (κ1) is 19.1. The highest BCUT2D eigenvalue weighted by atomic mass is 32.1. The van der Waals surface area contributed by atoms with E-state index in [1.807, 2.05) is 54.2 Å². The van der Waals surface area contributed by atoms with Crippen molar-refractivity contribution in [3.63, 3.8) is 0 Å². The van der Waals surface area contributed by atoms with Crippen molar-refractivity contribution in [3.8, 4) is 0 Å². The molecule has 1 unspecified atom stereocenters. The Morgan fingerprint density at radius 1 is 1.24 bits per heavy atom. The summed E-state index contributed by atoms with van der Waals surface area (Å²) in [5.74, 6) is -0.225. The molecule has 0 aliphatic carbocycles. The highest BCUT2D eigenvalue weighted by molar-refractivity contribution is 7.17. The fraction of sp³-hybridized carbons (Fsp3) is 0.238. The molecule has 7 nitrogen and oxygen atoms in total. The summed E-state index contributed by atoms with van der Waals surface area (Å²) in [6.07, 6.45) is 7.47. The SMILES string of the molecule is CC(CNC(=O)c1cnc2sc(Cc3ccccc3)cn2c1=O)Cn1cccn1. The van der Waals surface area contributed by atoms with E-state index in [-0.39, 0.29) is 17.0 Å². The maximum absolute atomic E-state index is 12.8. The second kappa shape index (κ2) is 8.40. The lowest BCUT2D eigenvalue weighted by atomic mass is 10.1. The van der Waals surface area contributed by atoms with Gasteiger partial charge in [0.25, 0.3) is 11.5 Å². The molecule has 4 aromatic rings. The fourth-order valence-corrected chi connectivity index (χ4v) is 4.09. The Balaban J connectivity index is 1.46. The predicted molar refractivity (Wildman–Crippen MR) is 112 cm³/mol. The Labute approximate surface area is 171 Å². The van der Waals surface area contributed by atoms with Gasteiger partial charge in [0, 0.05) is 49.2 Å². The highest BCUT2D eigenvalue weighted by Crippen LogP contribution is 2.18. The van der Waals surface area contributed by atoms with Crippen LogP contribution in [0.5, 0.6) is 0 Å². The van der Waals surface area contributed by atoms with Crippen molar-refractivity contribution in [3.05, 3.63) is 87.5 Å². The molecule has 0 aliphatic rings. The van der Waals surface area contributed by atoms with E-state index in [9.17, 15) is 9.59 Å². The van der Waals surface area contributed by atoms with Gasteiger partial charge in [0.05, 0.1) is 0 Å². The van der Waals surface area contributed by atoms with Gasteiger partial charge in [0.15, 0.2) is 4.96 Å². The third-order valence-corrected chi connectivity index (χ3v) is 5.59. The molecule has 0 radical (unpaired) electrons. The molecule has 4 rings (SSSR count). The molecule has 29 heavy (non-hydrogen) atoms. The first-order valence-corrected chi connectivity index (χ1v) is 10.2. The number of nitrogens with one attached hydrogen (secondary N) is 1. The smallest absolute Gasteiger partial charge is 0.271 e. The molecule has 0 saturated carbocycles. The van der Waals surface area contributed by atoms with Crippen molar-refractivity contribution < 1.29 is 4.79 Å². The van der Waals surface area contributed by atoms with Crippen LogP contribution in [0.25, 0.3) is 4.96 Å². The molecular formula is C21H21N5O2S. The van der Waals surface area contributed by atoms with Crippen molar-refractivity contribution in [2.45, 2.75) is 19.9 Å². The lowest BCUT2D eigenvalue weighted by Crippen LogP contribution is -2.34. The number of hydrogen-bond acceptors (Lipinski definition) is 5. The van der Waals surface area contributed by atoms with Gasteiger partial charge in [-0.1, -0.05) is 37.3 Å². The van der Waals surface area contributed by atoms with E-state index in [0.717, 1.165) is 16.9 Å². The van der Waals surface area contributed by atoms with Crippen molar-refractivity contribution in [2.75, 3.05) is 6.54 Å². The molecule has 0 bridgehead atoms. The molecule has 8 heteroatoms. The zero-order valence-electron chi connectivity index (χ0n) is 16.0. The molecule has 1 aromatic carbocycles. The second-order valence-corrected chi connectivity index (χ2v) is 8.13. The lowest BCUT2D eigenvalue weighted by molar-refractivity contribution is 0.0944. The topological polar surface area (TPSA) is 81.3 Å². The third-order valence-electron chi connectivity index (χ3n) is 4.59. The van der Waals surface area contributed by atoms with Crippen LogP contribution < -0.4 is 10.9 Å². The Kier molecular flexibility index (Phi) is 5.53. The third kappa shape index (κ3) is 4.43. The number of hydrogen-bond donors (Lipinski definition) is 1. The van der Waals surface area contributed by atoms with Crippen LogP contribution in [0.15, 0.2) is 66.0 Å². The van der Waals surface area contributed by atoms with Crippen molar-refractivity contribution in [2.24, 2.45) is 5.92 Å². The minimum atomic E-state index is -0.403. The number of aromatic nitrogens is 4. The average molecular weight is 407 g/mol. The summed E-state index contributed by atoms with van der Waals surface area (Å²) in [4.78, 5) is 31.2. The summed E-state index contributed by atoms with van der Waals surface area (Å²) < 4.78 is 3.28. The van der Waals surface area contributed by atoms with E-state index in [1.54, 1.807) is 12.4 Å².